The maximum Gasteiger partial charge on any atom is 0.324 e. The summed E-state index contributed by atoms with van der Waals surface area (Å²) in [5, 5.41) is 2.76. The largest absolute Gasteiger partial charge is 0.468 e. The van der Waals surface area contributed by atoms with Gasteiger partial charge in [0.05, 0.1) is 24.6 Å². The monoisotopic (exact) mass is 498 g/mol. The Hall–Kier alpha value is -3.40. The van der Waals surface area contributed by atoms with E-state index in [1.54, 1.807) is 24.3 Å². The first kappa shape index (κ1) is 24.7. The van der Waals surface area contributed by atoms with Gasteiger partial charge in [-0.15, -0.1) is 0 Å². The van der Waals surface area contributed by atoms with Crippen molar-refractivity contribution in [2.45, 2.75) is 56.0 Å². The highest BCUT2D eigenvalue weighted by atomic mass is 32.2. The summed E-state index contributed by atoms with van der Waals surface area (Å²) in [5.41, 5.74) is 2.23. The van der Waals surface area contributed by atoms with Crippen molar-refractivity contribution in [2.24, 2.45) is 4.99 Å². The van der Waals surface area contributed by atoms with Crippen LogP contribution in [-0.4, -0.2) is 51.0 Å². The lowest BCUT2D eigenvalue weighted by Crippen LogP contribution is -2.40. The number of ether oxygens (including phenoxy) is 1. The third-order valence-corrected chi connectivity index (χ3v) is 7.62. The fourth-order valence-electron chi connectivity index (χ4n) is 4.33. The van der Waals surface area contributed by atoms with E-state index in [0.29, 0.717) is 18.5 Å². The van der Waals surface area contributed by atoms with Crippen molar-refractivity contribution in [1.82, 2.24) is 14.9 Å². The van der Waals surface area contributed by atoms with Gasteiger partial charge in [-0.1, -0.05) is 49.6 Å². The van der Waals surface area contributed by atoms with E-state index in [9.17, 15) is 18.0 Å². The molecule has 2 aliphatic rings. The van der Waals surface area contributed by atoms with Crippen LogP contribution in [0.25, 0.3) is 0 Å². The molecule has 0 spiro atoms. The molecule has 9 nitrogen and oxygen atoms in total. The molecule has 1 fully saturated rings. The number of carbonyl (C=O) groups excluding carboxylic acids is 2. The molecule has 0 aromatic heterocycles. The quantitative estimate of drug-likeness (QED) is 0.469. The molecule has 0 saturated heterocycles. The maximum absolute atomic E-state index is 12.8. The van der Waals surface area contributed by atoms with E-state index in [0.717, 1.165) is 36.8 Å². The summed E-state index contributed by atoms with van der Waals surface area (Å²) >= 11 is 0. The van der Waals surface area contributed by atoms with Crippen LogP contribution in [0.15, 0.2) is 58.4 Å². The molecule has 1 saturated carbocycles. The molecule has 2 aromatic carbocycles. The number of imide groups is 1. The molecule has 10 heteroatoms. The zero-order valence-electron chi connectivity index (χ0n) is 19.7. The highest BCUT2D eigenvalue weighted by molar-refractivity contribution is 7.90. The molecule has 3 amide bonds. The molecular weight excluding hydrogens is 468 g/mol. The average molecular weight is 499 g/mol. The second-order valence-electron chi connectivity index (χ2n) is 8.71. The van der Waals surface area contributed by atoms with Gasteiger partial charge in [0, 0.05) is 12.1 Å². The zero-order chi connectivity index (χ0) is 24.8. The molecular formula is C25H30N4O5S. The van der Waals surface area contributed by atoms with Crippen LogP contribution in [-0.2, 0) is 27.7 Å². The molecule has 2 N–H and O–H groups in total. The number of urea groups is 1. The number of carbonyl (C=O) groups is 2. The number of rotatable bonds is 6. The van der Waals surface area contributed by atoms with Gasteiger partial charge in [-0.2, -0.15) is 0 Å². The molecule has 0 unspecified atom stereocenters. The Morgan fingerprint density at radius 3 is 2.49 bits per heavy atom. The molecule has 1 heterocycles. The summed E-state index contributed by atoms with van der Waals surface area (Å²) in [6.07, 6.45) is 5.70. The fourth-order valence-corrected chi connectivity index (χ4v) is 5.31. The predicted octanol–water partition coefficient (Wildman–Crippen LogP) is 3.21. The summed E-state index contributed by atoms with van der Waals surface area (Å²) in [4.78, 5) is 30.6. The molecule has 186 valence electrons. The van der Waals surface area contributed by atoms with Crippen molar-refractivity contribution in [3.05, 3.63) is 65.2 Å². The first-order chi connectivity index (χ1) is 16.9. The first-order valence-corrected chi connectivity index (χ1v) is 13.3. The Balaban J connectivity index is 1.29. The van der Waals surface area contributed by atoms with Crippen LogP contribution in [0.2, 0.25) is 0 Å². The normalized spacial score (nSPS) is 16.7. The van der Waals surface area contributed by atoms with E-state index >= 15 is 0 Å². The minimum atomic E-state index is -3.84. The van der Waals surface area contributed by atoms with E-state index in [4.69, 9.17) is 4.74 Å². The van der Waals surface area contributed by atoms with Crippen molar-refractivity contribution in [1.29, 1.82) is 0 Å². The Morgan fingerprint density at radius 1 is 1.09 bits per heavy atom. The molecule has 0 atom stereocenters. The van der Waals surface area contributed by atoms with E-state index < -0.39 is 16.1 Å². The SMILES string of the molecule is COC(=NC1CCCCC1)NS(=O)(=O)c1ccc(CCNC(=O)N2Cc3ccccc3C2=O)cc1. The molecule has 1 aliphatic heterocycles. The highest BCUT2D eigenvalue weighted by Gasteiger charge is 2.31. The highest BCUT2D eigenvalue weighted by Crippen LogP contribution is 2.22. The number of hydrogen-bond donors (Lipinski definition) is 2. The van der Waals surface area contributed by atoms with Gasteiger partial charge in [-0.3, -0.25) is 9.69 Å². The van der Waals surface area contributed by atoms with Crippen LogP contribution in [0, 0.1) is 0 Å². The van der Waals surface area contributed by atoms with E-state index in [1.807, 2.05) is 12.1 Å². The van der Waals surface area contributed by atoms with Gasteiger partial charge in [0.15, 0.2) is 0 Å². The van der Waals surface area contributed by atoms with Crippen molar-refractivity contribution in [3.63, 3.8) is 0 Å². The Labute approximate surface area is 205 Å². The smallest absolute Gasteiger partial charge is 0.324 e. The Kier molecular flexibility index (Phi) is 7.70. The van der Waals surface area contributed by atoms with Gasteiger partial charge >= 0.3 is 6.03 Å². The van der Waals surface area contributed by atoms with Crippen molar-refractivity contribution in [3.8, 4) is 0 Å². The van der Waals surface area contributed by atoms with Crippen LogP contribution in [0.4, 0.5) is 4.79 Å². The van der Waals surface area contributed by atoms with Gasteiger partial charge in [0.2, 0.25) is 0 Å². The van der Waals surface area contributed by atoms with Gasteiger partial charge < -0.3 is 10.1 Å². The van der Waals surface area contributed by atoms with Gasteiger partial charge in [-0.25, -0.2) is 22.9 Å². The number of nitrogens with one attached hydrogen (secondary N) is 2. The minimum absolute atomic E-state index is 0.00213. The summed E-state index contributed by atoms with van der Waals surface area (Å²) in [6.45, 7) is 0.569. The number of fused-ring (bicyclic) bond motifs is 1. The number of nitrogens with zero attached hydrogens (tertiary/aromatic N) is 2. The fraction of sp³-hybridized carbons (Fsp3) is 0.400. The minimum Gasteiger partial charge on any atom is -0.468 e. The van der Waals surface area contributed by atoms with Crippen molar-refractivity contribution in [2.75, 3.05) is 13.7 Å². The molecule has 0 radical (unpaired) electrons. The average Bonchev–Trinajstić information content (AvgIpc) is 3.21. The summed E-state index contributed by atoms with van der Waals surface area (Å²) in [5.74, 6) is -0.303. The number of benzene rings is 2. The van der Waals surface area contributed by atoms with Gasteiger partial charge in [0.25, 0.3) is 22.0 Å². The zero-order valence-corrected chi connectivity index (χ0v) is 20.5. The lowest BCUT2D eigenvalue weighted by Gasteiger charge is -2.19. The Bertz CT molecular complexity index is 1200. The van der Waals surface area contributed by atoms with Crippen molar-refractivity contribution >= 4 is 28.0 Å². The van der Waals surface area contributed by atoms with E-state index in [-0.39, 0.29) is 29.4 Å². The number of methoxy groups -OCH3 is 1. The number of amidine groups is 1. The molecule has 35 heavy (non-hydrogen) atoms. The third-order valence-electron chi connectivity index (χ3n) is 6.28. The lowest BCUT2D eigenvalue weighted by molar-refractivity contribution is 0.0821. The topological polar surface area (TPSA) is 117 Å². The van der Waals surface area contributed by atoms with E-state index in [1.165, 1.54) is 30.6 Å². The molecule has 0 bridgehead atoms. The van der Waals surface area contributed by atoms with Crippen molar-refractivity contribution < 1.29 is 22.7 Å². The Morgan fingerprint density at radius 2 is 1.80 bits per heavy atom. The summed E-state index contributed by atoms with van der Waals surface area (Å²) in [7, 11) is -2.44. The van der Waals surface area contributed by atoms with Crippen LogP contribution < -0.4 is 10.0 Å². The predicted molar refractivity (Wildman–Crippen MR) is 131 cm³/mol. The number of aliphatic imine (C=N–C) groups is 1. The lowest BCUT2D eigenvalue weighted by atomic mass is 9.96. The second-order valence-corrected chi connectivity index (χ2v) is 10.4. The third kappa shape index (κ3) is 6.00. The maximum atomic E-state index is 12.8. The molecule has 2 aromatic rings. The number of sulfonamides is 1. The van der Waals surface area contributed by atoms with Gasteiger partial charge in [0.1, 0.15) is 0 Å². The van der Waals surface area contributed by atoms with Crippen LogP contribution in [0.5, 0.6) is 0 Å². The molecule has 1 aliphatic carbocycles. The second kappa shape index (κ2) is 10.9. The number of amides is 3. The van der Waals surface area contributed by atoms with E-state index in [2.05, 4.69) is 15.0 Å². The van der Waals surface area contributed by atoms with Gasteiger partial charge in [-0.05, 0) is 48.6 Å². The summed E-state index contributed by atoms with van der Waals surface area (Å²) in [6, 6.07) is 13.2. The molecule has 4 rings (SSSR count). The van der Waals surface area contributed by atoms with Crippen LogP contribution >= 0.6 is 0 Å². The standard InChI is InChI=1S/C25H30N4O5S/c1-34-24(27-20-8-3-2-4-9-20)28-35(32,33)21-13-11-18(12-14-21)15-16-26-25(31)29-17-19-7-5-6-10-22(19)23(29)30/h5-7,10-14,20H,2-4,8-9,15-17H2,1H3,(H,26,31)(H,27,28). The number of hydrogen-bond acceptors (Lipinski definition) is 6. The first-order valence-electron chi connectivity index (χ1n) is 11.8. The summed E-state index contributed by atoms with van der Waals surface area (Å²) < 4.78 is 33.1. The van der Waals surface area contributed by atoms with Crippen LogP contribution in [0.3, 0.4) is 0 Å². The van der Waals surface area contributed by atoms with Crippen LogP contribution in [0.1, 0.15) is 53.6 Å².